The minimum atomic E-state index is -0.375. The Bertz CT molecular complexity index is 900. The van der Waals surface area contributed by atoms with Crippen molar-refractivity contribution in [2.24, 2.45) is 11.7 Å². The lowest BCUT2D eigenvalue weighted by Crippen LogP contribution is -2.28. The summed E-state index contributed by atoms with van der Waals surface area (Å²) in [5.41, 5.74) is 6.20. The Kier molecular flexibility index (Phi) is 9.17. The van der Waals surface area contributed by atoms with Crippen LogP contribution in [0.5, 0.6) is 11.5 Å². The van der Waals surface area contributed by atoms with E-state index in [0.29, 0.717) is 47.9 Å². The van der Waals surface area contributed by atoms with Crippen molar-refractivity contribution in [1.82, 2.24) is 19.7 Å². The number of hydrogen-bond acceptors (Lipinski definition) is 7. The molecular formula is C21H31N5O4S. The highest BCUT2D eigenvalue weighted by molar-refractivity contribution is 7.99. The molecule has 1 aromatic carbocycles. The molecule has 0 saturated heterocycles. The number of ether oxygens (including phenoxy) is 2. The first-order valence-electron chi connectivity index (χ1n) is 10.0. The molecule has 9 nitrogen and oxygen atoms in total. The summed E-state index contributed by atoms with van der Waals surface area (Å²) in [6.45, 7) is 5.34. The van der Waals surface area contributed by atoms with E-state index in [1.54, 1.807) is 26.2 Å². The van der Waals surface area contributed by atoms with Crippen molar-refractivity contribution in [3.8, 4) is 11.5 Å². The predicted octanol–water partition coefficient (Wildman–Crippen LogP) is 2.12. The van der Waals surface area contributed by atoms with E-state index in [0.717, 1.165) is 5.56 Å². The van der Waals surface area contributed by atoms with Crippen LogP contribution in [0.15, 0.2) is 23.4 Å². The van der Waals surface area contributed by atoms with Crippen LogP contribution in [-0.4, -0.2) is 58.5 Å². The summed E-state index contributed by atoms with van der Waals surface area (Å²) in [5, 5.41) is 9.10. The van der Waals surface area contributed by atoms with Gasteiger partial charge in [0, 0.05) is 33.0 Å². The van der Waals surface area contributed by atoms with Crippen LogP contribution in [0.1, 0.15) is 31.7 Å². The van der Waals surface area contributed by atoms with Crippen LogP contribution in [0.2, 0.25) is 0 Å². The molecule has 2 aromatic rings. The van der Waals surface area contributed by atoms with Gasteiger partial charge in [-0.15, -0.1) is 10.2 Å². The molecule has 0 radical (unpaired) electrons. The average molecular weight is 450 g/mol. The van der Waals surface area contributed by atoms with E-state index >= 15 is 0 Å². The van der Waals surface area contributed by atoms with Gasteiger partial charge in [-0.25, -0.2) is 0 Å². The van der Waals surface area contributed by atoms with Gasteiger partial charge in [0.15, 0.2) is 16.7 Å². The van der Waals surface area contributed by atoms with Crippen LogP contribution < -0.4 is 15.2 Å². The number of rotatable bonds is 12. The molecule has 0 fully saturated rings. The lowest BCUT2D eigenvalue weighted by molar-refractivity contribution is -0.127. The highest BCUT2D eigenvalue weighted by atomic mass is 32.2. The molecule has 2 N–H and O–H groups in total. The van der Waals surface area contributed by atoms with Gasteiger partial charge in [0.05, 0.1) is 20.0 Å². The Morgan fingerprint density at radius 1 is 1.19 bits per heavy atom. The van der Waals surface area contributed by atoms with Gasteiger partial charge < -0.3 is 24.7 Å². The van der Waals surface area contributed by atoms with Crippen LogP contribution in [0.25, 0.3) is 0 Å². The molecule has 10 heteroatoms. The molecule has 2 amide bonds. The highest BCUT2D eigenvalue weighted by Crippen LogP contribution is 2.28. The number of thioether (sulfide) groups is 1. The summed E-state index contributed by atoms with van der Waals surface area (Å²) >= 11 is 1.34. The highest BCUT2D eigenvalue weighted by Gasteiger charge is 2.17. The zero-order valence-electron chi connectivity index (χ0n) is 18.8. The molecule has 1 heterocycles. The van der Waals surface area contributed by atoms with Crippen molar-refractivity contribution in [2.45, 2.75) is 44.9 Å². The van der Waals surface area contributed by atoms with E-state index in [1.165, 1.54) is 11.8 Å². The third-order valence-electron chi connectivity index (χ3n) is 4.55. The monoisotopic (exact) mass is 449 g/mol. The Hall–Kier alpha value is -2.75. The van der Waals surface area contributed by atoms with Crippen molar-refractivity contribution in [2.75, 3.05) is 27.0 Å². The molecule has 0 aliphatic rings. The number of carbonyl (C=O) groups excluding carboxylic acids is 2. The second kappa shape index (κ2) is 11.6. The van der Waals surface area contributed by atoms with Gasteiger partial charge in [0.2, 0.25) is 11.8 Å². The van der Waals surface area contributed by atoms with E-state index < -0.39 is 0 Å². The first-order chi connectivity index (χ1) is 14.7. The molecule has 31 heavy (non-hydrogen) atoms. The van der Waals surface area contributed by atoms with E-state index in [9.17, 15) is 9.59 Å². The first-order valence-corrected chi connectivity index (χ1v) is 11.0. The van der Waals surface area contributed by atoms with Gasteiger partial charge in [-0.1, -0.05) is 31.7 Å². The van der Waals surface area contributed by atoms with Gasteiger partial charge in [-0.2, -0.15) is 0 Å². The van der Waals surface area contributed by atoms with Gasteiger partial charge in [0.25, 0.3) is 0 Å². The summed E-state index contributed by atoms with van der Waals surface area (Å²) < 4.78 is 12.6. The van der Waals surface area contributed by atoms with Crippen LogP contribution in [0, 0.1) is 5.92 Å². The van der Waals surface area contributed by atoms with Crippen molar-refractivity contribution < 1.29 is 19.1 Å². The summed E-state index contributed by atoms with van der Waals surface area (Å²) in [4.78, 5) is 25.5. The number of methoxy groups -OCH3 is 2. The topological polar surface area (TPSA) is 113 Å². The van der Waals surface area contributed by atoms with E-state index in [2.05, 4.69) is 24.0 Å². The molecule has 0 bridgehead atoms. The smallest absolute Gasteiger partial charge is 0.233 e. The second-order valence-corrected chi connectivity index (χ2v) is 8.54. The molecule has 0 spiro atoms. The molecule has 0 aliphatic carbocycles. The van der Waals surface area contributed by atoms with Crippen LogP contribution in [0.4, 0.5) is 0 Å². The predicted molar refractivity (Wildman–Crippen MR) is 119 cm³/mol. The summed E-state index contributed by atoms with van der Waals surface area (Å²) in [5.74, 6) is 2.17. The zero-order valence-corrected chi connectivity index (χ0v) is 19.6. The number of nitrogens with two attached hydrogens (primary N) is 1. The lowest BCUT2D eigenvalue weighted by atomic mass is 10.2. The maximum absolute atomic E-state index is 12.7. The largest absolute Gasteiger partial charge is 0.493 e. The van der Waals surface area contributed by atoms with Crippen molar-refractivity contribution >= 4 is 23.6 Å². The number of aromatic nitrogens is 3. The fraction of sp³-hybridized carbons (Fsp3) is 0.524. The number of carbonyl (C=O) groups is 2. The molecule has 0 atom stereocenters. The number of benzene rings is 1. The maximum atomic E-state index is 12.7. The third-order valence-corrected chi connectivity index (χ3v) is 5.51. The Labute approximate surface area is 187 Å². The first kappa shape index (κ1) is 24.5. The molecule has 0 unspecified atom stereocenters. The van der Waals surface area contributed by atoms with Gasteiger partial charge in [-0.05, 0) is 23.6 Å². The molecule has 0 saturated carbocycles. The number of hydrogen-bond donors (Lipinski definition) is 1. The average Bonchev–Trinajstić information content (AvgIpc) is 3.10. The zero-order chi connectivity index (χ0) is 23.0. The number of nitrogens with zero attached hydrogens (tertiary/aromatic N) is 4. The molecule has 170 valence electrons. The SMILES string of the molecule is COc1ccc(CN(C)C(=O)CSc2nnc(CCC(N)=O)n2CC(C)C)cc1OC. The standard InChI is InChI=1S/C21H31N5O4S/c1-14(2)11-26-19(9-8-18(22)27)23-24-21(26)31-13-20(28)25(3)12-15-6-7-16(29-4)17(10-15)30-5/h6-7,10,14H,8-9,11-13H2,1-5H3,(H2,22,27). The third kappa shape index (κ3) is 7.16. The van der Waals surface area contributed by atoms with Gasteiger partial charge >= 0.3 is 0 Å². The molecule has 2 rings (SSSR count). The summed E-state index contributed by atoms with van der Waals surface area (Å²) in [7, 11) is 4.93. The van der Waals surface area contributed by atoms with Crippen LogP contribution in [-0.2, 0) is 29.1 Å². The normalized spacial score (nSPS) is 10.9. The molecule has 0 aliphatic heterocycles. The van der Waals surface area contributed by atoms with Crippen molar-refractivity contribution in [1.29, 1.82) is 0 Å². The van der Waals surface area contributed by atoms with E-state index in [4.69, 9.17) is 15.2 Å². The fourth-order valence-corrected chi connectivity index (χ4v) is 3.88. The van der Waals surface area contributed by atoms with E-state index in [-0.39, 0.29) is 24.0 Å². The summed E-state index contributed by atoms with van der Waals surface area (Å²) in [6.07, 6.45) is 0.649. The van der Waals surface area contributed by atoms with E-state index in [1.807, 2.05) is 22.8 Å². The minimum Gasteiger partial charge on any atom is -0.493 e. The number of aryl methyl sites for hydroxylation is 1. The van der Waals surface area contributed by atoms with Gasteiger partial charge in [0.1, 0.15) is 5.82 Å². The fourth-order valence-electron chi connectivity index (χ4n) is 2.97. The minimum absolute atomic E-state index is 0.0300. The Morgan fingerprint density at radius 2 is 1.90 bits per heavy atom. The molecular weight excluding hydrogens is 418 g/mol. The molecule has 1 aromatic heterocycles. The second-order valence-electron chi connectivity index (χ2n) is 7.60. The Balaban J connectivity index is 2.01. The van der Waals surface area contributed by atoms with Crippen molar-refractivity contribution in [3.63, 3.8) is 0 Å². The number of amides is 2. The summed E-state index contributed by atoms with van der Waals surface area (Å²) in [6, 6.07) is 5.59. The number of primary amides is 1. The van der Waals surface area contributed by atoms with Crippen LogP contribution in [0.3, 0.4) is 0 Å². The van der Waals surface area contributed by atoms with Crippen LogP contribution >= 0.6 is 11.8 Å². The van der Waals surface area contributed by atoms with Gasteiger partial charge in [-0.3, -0.25) is 9.59 Å². The quantitative estimate of drug-likeness (QED) is 0.494. The maximum Gasteiger partial charge on any atom is 0.233 e. The lowest BCUT2D eigenvalue weighted by Gasteiger charge is -2.18. The van der Waals surface area contributed by atoms with Crippen molar-refractivity contribution in [3.05, 3.63) is 29.6 Å². The Morgan fingerprint density at radius 3 is 2.52 bits per heavy atom.